The minimum Gasteiger partial charge on any atom is -0.480 e. The predicted molar refractivity (Wildman–Crippen MR) is 68.7 cm³/mol. The Hall–Kier alpha value is -1.92. The molecule has 110 valence electrons. The smallest absolute Gasteiger partial charge is 0.480 e. The largest absolute Gasteiger partial charge is 0.596 e. The minimum atomic E-state index is -0.991. The Morgan fingerprint density at radius 2 is 2.05 bits per heavy atom. The number of hydrogen-bond acceptors (Lipinski definition) is 4. The molecule has 20 heavy (non-hydrogen) atoms. The van der Waals surface area contributed by atoms with E-state index < -0.39 is 24.1 Å². The molecule has 0 aromatic heterocycles. The van der Waals surface area contributed by atoms with E-state index in [-0.39, 0.29) is 11.9 Å². The number of amides is 2. The lowest BCUT2D eigenvalue weighted by Crippen LogP contribution is -2.51. The van der Waals surface area contributed by atoms with E-state index in [0.717, 1.165) is 17.4 Å². The van der Waals surface area contributed by atoms with Crippen molar-refractivity contribution in [2.45, 2.75) is 50.2 Å². The van der Waals surface area contributed by atoms with E-state index in [1.807, 2.05) is 0 Å². The lowest BCUT2D eigenvalue weighted by Gasteiger charge is -2.26. The molecule has 1 N–H and O–H groups in total. The van der Waals surface area contributed by atoms with E-state index in [0.29, 0.717) is 19.3 Å². The van der Waals surface area contributed by atoms with Crippen molar-refractivity contribution < 1.29 is 28.8 Å². The van der Waals surface area contributed by atoms with Crippen LogP contribution in [0.3, 0.4) is 0 Å². The zero-order valence-corrected chi connectivity index (χ0v) is 11.4. The molecule has 2 rings (SSSR count). The van der Waals surface area contributed by atoms with Crippen LogP contribution < -0.4 is 0 Å². The van der Waals surface area contributed by atoms with Crippen molar-refractivity contribution >= 4 is 24.7 Å². The summed E-state index contributed by atoms with van der Waals surface area (Å²) in [6, 6.07) is -1.58. The molecule has 2 aliphatic heterocycles. The molecule has 7 heteroatoms. The maximum atomic E-state index is 12.6. The van der Waals surface area contributed by atoms with E-state index in [4.69, 9.17) is 0 Å². The van der Waals surface area contributed by atoms with Gasteiger partial charge in [-0.2, -0.15) is 4.79 Å². The van der Waals surface area contributed by atoms with E-state index >= 15 is 0 Å². The first-order valence-corrected chi connectivity index (χ1v) is 6.70. The van der Waals surface area contributed by atoms with Crippen LogP contribution in [0.25, 0.3) is 0 Å². The number of rotatable bonds is 2. The summed E-state index contributed by atoms with van der Waals surface area (Å²) in [5.74, 6) is -1.33. The first-order chi connectivity index (χ1) is 9.47. The van der Waals surface area contributed by atoms with Gasteiger partial charge in [0.1, 0.15) is 12.8 Å². The fourth-order valence-corrected chi connectivity index (χ4v) is 3.12. The van der Waals surface area contributed by atoms with Crippen LogP contribution in [-0.2, 0) is 14.3 Å². The van der Waals surface area contributed by atoms with Gasteiger partial charge in [0.05, 0.1) is 7.11 Å². The summed E-state index contributed by atoms with van der Waals surface area (Å²) in [7, 11) is 1.22. The topological polar surface area (TPSA) is 86.9 Å². The molecule has 3 unspecified atom stereocenters. The van der Waals surface area contributed by atoms with Gasteiger partial charge in [0.25, 0.3) is 5.91 Å². The number of carbonyl (C=O) groups excluding carboxylic acids is 2. The highest BCUT2D eigenvalue weighted by Crippen LogP contribution is 2.32. The highest BCUT2D eigenvalue weighted by Gasteiger charge is 2.48. The Labute approximate surface area is 116 Å². The van der Waals surface area contributed by atoms with Crippen LogP contribution in [0, 0.1) is 0 Å². The molecule has 2 saturated heterocycles. The number of carboxylic acid groups (broad SMARTS) is 1. The van der Waals surface area contributed by atoms with E-state index in [2.05, 4.69) is 11.5 Å². The van der Waals surface area contributed by atoms with E-state index in [1.165, 1.54) is 12.0 Å². The van der Waals surface area contributed by atoms with Crippen molar-refractivity contribution in [1.29, 1.82) is 0 Å². The van der Waals surface area contributed by atoms with E-state index in [9.17, 15) is 19.5 Å². The van der Waals surface area contributed by atoms with Crippen LogP contribution in [0.2, 0.25) is 0 Å². The standard InChI is InChI=1S/C13H18N2O5/c1-14(13(19)20-2)9-5-3-4-8-6-7-10(12(17)18)15(8)11(9)16/h8-10H,1,3-7H2,2H3/p+1. The first kappa shape index (κ1) is 14.5. The molecule has 0 aromatic carbocycles. The van der Waals surface area contributed by atoms with Gasteiger partial charge in [-0.3, -0.25) is 4.79 Å². The molecule has 3 atom stereocenters. The molecule has 0 saturated carbocycles. The molecule has 2 aliphatic rings. The summed E-state index contributed by atoms with van der Waals surface area (Å²) < 4.78 is 5.59. The molecule has 2 heterocycles. The Balaban J connectivity index is 2.25. The molecule has 0 spiro atoms. The van der Waals surface area contributed by atoms with Gasteiger partial charge in [-0.1, -0.05) is 0 Å². The third-order valence-electron chi connectivity index (χ3n) is 4.13. The second-order valence-corrected chi connectivity index (χ2v) is 5.22. The van der Waals surface area contributed by atoms with E-state index in [1.54, 1.807) is 0 Å². The number of ether oxygens (including phenoxy) is 1. The zero-order valence-electron chi connectivity index (χ0n) is 11.4. The third kappa shape index (κ3) is 2.39. The molecule has 0 bridgehead atoms. The van der Waals surface area contributed by atoms with Gasteiger partial charge in [0.2, 0.25) is 6.04 Å². The van der Waals surface area contributed by atoms with Crippen molar-refractivity contribution in [3.63, 3.8) is 0 Å². The molecule has 7 nitrogen and oxygen atoms in total. The highest BCUT2D eigenvalue weighted by atomic mass is 16.5. The van der Waals surface area contributed by atoms with Crippen molar-refractivity contribution in [3.8, 4) is 0 Å². The van der Waals surface area contributed by atoms with Gasteiger partial charge in [-0.05, 0) is 25.7 Å². The maximum absolute atomic E-state index is 12.6. The Kier molecular flexibility index (Phi) is 4.06. The Morgan fingerprint density at radius 1 is 1.35 bits per heavy atom. The summed E-state index contributed by atoms with van der Waals surface area (Å²) in [5.41, 5.74) is 0. The fraction of sp³-hybridized carbons (Fsp3) is 0.692. The summed E-state index contributed by atoms with van der Waals surface area (Å²) in [4.78, 5) is 36.8. The van der Waals surface area contributed by atoms with Crippen molar-refractivity contribution in [3.05, 3.63) is 0 Å². The summed E-state index contributed by atoms with van der Waals surface area (Å²) in [6.07, 6.45) is 2.48. The number of aliphatic carboxylic acids is 1. The normalized spacial score (nSPS) is 29.6. The van der Waals surface area contributed by atoms with Gasteiger partial charge < -0.3 is 14.7 Å². The molecule has 0 radical (unpaired) electrons. The molecule has 2 fully saturated rings. The van der Waals surface area contributed by atoms with Crippen molar-refractivity contribution in [2.75, 3.05) is 7.11 Å². The Morgan fingerprint density at radius 3 is 2.65 bits per heavy atom. The summed E-state index contributed by atoms with van der Waals surface area (Å²) >= 11 is 0. The summed E-state index contributed by atoms with van der Waals surface area (Å²) in [5, 5.41) is 9.23. The number of fused-ring (bicyclic) bond motifs is 1. The van der Waals surface area contributed by atoms with Crippen LogP contribution in [0.5, 0.6) is 0 Å². The van der Waals surface area contributed by atoms with Gasteiger partial charge in [0.15, 0.2) is 0 Å². The number of methoxy groups -OCH3 is 1. The monoisotopic (exact) mass is 283 g/mol. The fourth-order valence-electron chi connectivity index (χ4n) is 3.12. The second kappa shape index (κ2) is 5.60. The van der Waals surface area contributed by atoms with Crippen LogP contribution in [0.15, 0.2) is 0 Å². The van der Waals surface area contributed by atoms with Crippen LogP contribution in [-0.4, -0.2) is 64.5 Å². The van der Waals surface area contributed by atoms with Crippen molar-refractivity contribution in [1.82, 2.24) is 4.90 Å². The van der Waals surface area contributed by atoms with Gasteiger partial charge in [-0.15, -0.1) is 4.58 Å². The number of hydrogen-bond donors (Lipinski definition) is 1. The van der Waals surface area contributed by atoms with Gasteiger partial charge >= 0.3 is 12.1 Å². The SMILES string of the molecule is C=[N+](C(=O)OC)C1CCCC2CCC(C(=O)O)N2C1=O. The van der Waals surface area contributed by atoms with Gasteiger partial charge in [0, 0.05) is 12.5 Å². The molecular formula is C13H19N2O5+. The molecule has 0 aromatic rings. The number of carboxylic acids is 1. The quantitative estimate of drug-likeness (QED) is 0.588. The first-order valence-electron chi connectivity index (χ1n) is 6.70. The Bertz CT molecular complexity index is 462. The number of carbonyl (C=O) groups is 3. The lowest BCUT2D eigenvalue weighted by atomic mass is 10.1. The highest BCUT2D eigenvalue weighted by molar-refractivity contribution is 5.88. The third-order valence-corrected chi connectivity index (χ3v) is 4.13. The average molecular weight is 283 g/mol. The van der Waals surface area contributed by atoms with Crippen molar-refractivity contribution in [2.24, 2.45) is 0 Å². The zero-order chi connectivity index (χ0) is 14.9. The lowest BCUT2D eigenvalue weighted by molar-refractivity contribution is -0.467. The predicted octanol–water partition coefficient (Wildman–Crippen LogP) is 0.463. The number of nitrogens with zero attached hydrogens (tertiary/aromatic N) is 2. The molecular weight excluding hydrogens is 264 g/mol. The minimum absolute atomic E-state index is 0.0420. The molecule has 0 aliphatic carbocycles. The summed E-state index contributed by atoms with van der Waals surface area (Å²) in [6.45, 7) is 3.57. The average Bonchev–Trinajstić information content (AvgIpc) is 2.78. The van der Waals surface area contributed by atoms with Crippen LogP contribution >= 0.6 is 0 Å². The maximum Gasteiger partial charge on any atom is 0.596 e. The van der Waals surface area contributed by atoms with Crippen LogP contribution in [0.1, 0.15) is 32.1 Å². The molecule has 2 amide bonds. The van der Waals surface area contributed by atoms with Crippen LogP contribution in [0.4, 0.5) is 4.79 Å². The second-order valence-electron chi connectivity index (χ2n) is 5.22. The van der Waals surface area contributed by atoms with Gasteiger partial charge in [-0.25, -0.2) is 4.79 Å².